The minimum absolute atomic E-state index is 0.134. The maximum Gasteiger partial charge on any atom is 0.153 e. The zero-order valence-corrected chi connectivity index (χ0v) is 22.1. The molecule has 3 aliphatic rings. The number of benzene rings is 1. The Morgan fingerprint density at radius 2 is 1.59 bits per heavy atom. The molecule has 34 heavy (non-hydrogen) atoms. The van der Waals surface area contributed by atoms with Gasteiger partial charge in [-0.1, -0.05) is 43.2 Å². The summed E-state index contributed by atoms with van der Waals surface area (Å²) >= 11 is 6.32. The first kappa shape index (κ1) is 25.8. The van der Waals surface area contributed by atoms with E-state index in [0.29, 0.717) is 17.9 Å². The molecule has 3 heteroatoms. The summed E-state index contributed by atoms with van der Waals surface area (Å²) in [5.74, 6) is 4.56. The average molecular weight is 487 g/mol. The highest BCUT2D eigenvalue weighted by atomic mass is 35.5. The molecular formula is C31H44ClFO. The highest BCUT2D eigenvalue weighted by molar-refractivity contribution is 6.32. The van der Waals surface area contributed by atoms with Crippen LogP contribution in [0.2, 0.25) is 5.02 Å². The highest BCUT2D eigenvalue weighted by Crippen LogP contribution is 2.46. The Bertz CT molecular complexity index is 843. The molecule has 0 aromatic heterocycles. The Morgan fingerprint density at radius 1 is 0.941 bits per heavy atom. The molecule has 1 unspecified atom stereocenters. The van der Waals surface area contributed by atoms with E-state index in [1.165, 1.54) is 57.8 Å². The molecule has 0 heterocycles. The standard InChI is InChI=1S/C31H44ClFO/c1-3-5-21-34-29-20-19-28(31(33)30(29)32)27-17-15-26(16-18-27)25-13-11-24(12-14-25)23-9-7-22(6-4-2)8-10-23/h4,6,17,19-20,22-26H,3,5,7-16,18,21H2,1-2H3/b6-4+. The first-order chi connectivity index (χ1) is 16.6. The van der Waals surface area contributed by atoms with Crippen molar-refractivity contribution in [1.82, 2.24) is 0 Å². The van der Waals surface area contributed by atoms with Crippen LogP contribution in [0, 0.1) is 35.4 Å². The van der Waals surface area contributed by atoms with Crippen LogP contribution >= 0.6 is 11.6 Å². The first-order valence-electron chi connectivity index (χ1n) is 14.0. The van der Waals surface area contributed by atoms with Crippen molar-refractivity contribution in [1.29, 1.82) is 0 Å². The number of hydrogen-bond donors (Lipinski definition) is 0. The van der Waals surface area contributed by atoms with Crippen LogP contribution in [0.5, 0.6) is 5.75 Å². The number of rotatable bonds is 8. The summed E-state index contributed by atoms with van der Waals surface area (Å²) in [7, 11) is 0. The van der Waals surface area contributed by atoms with Gasteiger partial charge in [0.1, 0.15) is 10.8 Å². The summed E-state index contributed by atoms with van der Waals surface area (Å²) in [6.07, 6.45) is 23.5. The fraction of sp³-hybridized carbons (Fsp3) is 0.677. The van der Waals surface area contributed by atoms with E-state index in [4.69, 9.17) is 16.3 Å². The van der Waals surface area contributed by atoms with Gasteiger partial charge < -0.3 is 4.74 Å². The van der Waals surface area contributed by atoms with Crippen LogP contribution in [0.1, 0.15) is 103 Å². The van der Waals surface area contributed by atoms with Gasteiger partial charge in [0.25, 0.3) is 0 Å². The van der Waals surface area contributed by atoms with Crippen molar-refractivity contribution in [3.05, 3.63) is 46.8 Å². The lowest BCUT2D eigenvalue weighted by Crippen LogP contribution is -2.28. The number of allylic oxidation sites excluding steroid dienone is 4. The molecule has 3 aliphatic carbocycles. The van der Waals surface area contributed by atoms with Gasteiger partial charge in [-0.05, 0) is 131 Å². The van der Waals surface area contributed by atoms with Crippen LogP contribution < -0.4 is 4.74 Å². The lowest BCUT2D eigenvalue weighted by atomic mass is 9.66. The predicted octanol–water partition coefficient (Wildman–Crippen LogP) is 10.0. The Morgan fingerprint density at radius 3 is 2.18 bits per heavy atom. The van der Waals surface area contributed by atoms with E-state index in [0.717, 1.165) is 60.8 Å². The smallest absolute Gasteiger partial charge is 0.153 e. The molecule has 2 saturated carbocycles. The molecule has 0 amide bonds. The largest absolute Gasteiger partial charge is 0.492 e. The lowest BCUT2D eigenvalue weighted by Gasteiger charge is -2.40. The Kier molecular flexibility index (Phi) is 9.57. The SMILES string of the molecule is C/C=C/C1CCC(C2CCC(C3CC=C(c4ccc(OCCCC)c(Cl)c4F)CC3)CC2)CC1. The second-order valence-electron chi connectivity index (χ2n) is 11.1. The Labute approximate surface area is 212 Å². The van der Waals surface area contributed by atoms with E-state index in [2.05, 4.69) is 32.1 Å². The van der Waals surface area contributed by atoms with E-state index in [1.54, 1.807) is 0 Å². The maximum atomic E-state index is 15.0. The van der Waals surface area contributed by atoms with Crippen molar-refractivity contribution >= 4 is 17.2 Å². The number of halogens is 2. The molecule has 1 aromatic carbocycles. The maximum absolute atomic E-state index is 15.0. The van der Waals surface area contributed by atoms with Gasteiger partial charge in [0.05, 0.1) is 6.61 Å². The monoisotopic (exact) mass is 486 g/mol. The number of ether oxygens (including phenoxy) is 1. The van der Waals surface area contributed by atoms with Crippen molar-refractivity contribution in [3.63, 3.8) is 0 Å². The third-order valence-corrected chi connectivity index (χ3v) is 9.38. The molecule has 0 aliphatic heterocycles. The fourth-order valence-corrected chi connectivity index (χ4v) is 7.13. The molecule has 0 spiro atoms. The third kappa shape index (κ3) is 6.28. The van der Waals surface area contributed by atoms with E-state index >= 15 is 4.39 Å². The summed E-state index contributed by atoms with van der Waals surface area (Å²) in [6, 6.07) is 3.71. The van der Waals surface area contributed by atoms with Gasteiger partial charge in [-0.25, -0.2) is 4.39 Å². The van der Waals surface area contributed by atoms with Gasteiger partial charge in [-0.15, -0.1) is 0 Å². The van der Waals surface area contributed by atoms with E-state index < -0.39 is 0 Å². The summed E-state index contributed by atoms with van der Waals surface area (Å²) in [5, 5.41) is 0.134. The third-order valence-electron chi connectivity index (χ3n) is 9.03. The van der Waals surface area contributed by atoms with Crippen molar-refractivity contribution in [2.45, 2.75) is 97.3 Å². The zero-order valence-electron chi connectivity index (χ0n) is 21.3. The summed E-state index contributed by atoms with van der Waals surface area (Å²) in [6.45, 7) is 4.85. The predicted molar refractivity (Wildman–Crippen MR) is 143 cm³/mol. The second kappa shape index (κ2) is 12.6. The minimum Gasteiger partial charge on any atom is -0.492 e. The van der Waals surface area contributed by atoms with Gasteiger partial charge in [-0.2, -0.15) is 0 Å². The van der Waals surface area contributed by atoms with Gasteiger partial charge >= 0.3 is 0 Å². The topological polar surface area (TPSA) is 9.23 Å². The number of unbranched alkanes of at least 4 members (excludes halogenated alkanes) is 1. The highest BCUT2D eigenvalue weighted by Gasteiger charge is 2.33. The van der Waals surface area contributed by atoms with Crippen LogP contribution in [0.15, 0.2) is 30.4 Å². The molecule has 0 bridgehead atoms. The second-order valence-corrected chi connectivity index (χ2v) is 11.5. The van der Waals surface area contributed by atoms with Crippen molar-refractivity contribution in [2.24, 2.45) is 29.6 Å². The number of hydrogen-bond acceptors (Lipinski definition) is 1. The van der Waals surface area contributed by atoms with Crippen molar-refractivity contribution in [3.8, 4) is 5.75 Å². The van der Waals surface area contributed by atoms with E-state index in [-0.39, 0.29) is 10.8 Å². The van der Waals surface area contributed by atoms with Crippen molar-refractivity contribution < 1.29 is 9.13 Å². The fourth-order valence-electron chi connectivity index (χ4n) is 6.91. The quantitative estimate of drug-likeness (QED) is 0.262. The van der Waals surface area contributed by atoms with Crippen LogP contribution in [0.3, 0.4) is 0 Å². The van der Waals surface area contributed by atoms with Crippen LogP contribution in [-0.4, -0.2) is 6.61 Å². The summed E-state index contributed by atoms with van der Waals surface area (Å²) in [5.41, 5.74) is 1.80. The molecule has 1 nitrogen and oxygen atoms in total. The average Bonchev–Trinajstić information content (AvgIpc) is 2.88. The van der Waals surface area contributed by atoms with Crippen LogP contribution in [0.25, 0.3) is 5.57 Å². The molecule has 1 atom stereocenters. The van der Waals surface area contributed by atoms with Crippen molar-refractivity contribution in [2.75, 3.05) is 6.61 Å². The van der Waals surface area contributed by atoms with E-state index in [9.17, 15) is 0 Å². The van der Waals surface area contributed by atoms with Gasteiger partial charge in [-0.3, -0.25) is 0 Å². The van der Waals surface area contributed by atoms with Crippen LogP contribution in [-0.2, 0) is 0 Å². The zero-order chi connectivity index (χ0) is 23.9. The lowest BCUT2D eigenvalue weighted by molar-refractivity contribution is 0.128. The summed E-state index contributed by atoms with van der Waals surface area (Å²) < 4.78 is 20.7. The molecule has 1 aromatic rings. The molecule has 0 N–H and O–H groups in total. The normalized spacial score (nSPS) is 30.4. The van der Waals surface area contributed by atoms with Crippen LogP contribution in [0.4, 0.5) is 4.39 Å². The Balaban J connectivity index is 1.27. The molecule has 4 rings (SSSR count). The van der Waals surface area contributed by atoms with E-state index in [1.807, 2.05) is 12.1 Å². The molecule has 0 saturated heterocycles. The van der Waals surface area contributed by atoms with Gasteiger partial charge in [0.15, 0.2) is 5.82 Å². The molecule has 0 radical (unpaired) electrons. The first-order valence-corrected chi connectivity index (χ1v) is 14.4. The van der Waals surface area contributed by atoms with Gasteiger partial charge in [0, 0.05) is 5.56 Å². The molecule has 188 valence electrons. The Hall–Kier alpha value is -1.28. The molecule has 2 fully saturated rings. The van der Waals surface area contributed by atoms with Gasteiger partial charge in [0.2, 0.25) is 0 Å². The summed E-state index contributed by atoms with van der Waals surface area (Å²) in [4.78, 5) is 0. The molecular weight excluding hydrogens is 443 g/mol. The minimum atomic E-state index is -0.315.